The van der Waals surface area contributed by atoms with Crippen molar-refractivity contribution in [2.24, 2.45) is 5.92 Å². The predicted octanol–water partition coefficient (Wildman–Crippen LogP) is 5.24. The summed E-state index contributed by atoms with van der Waals surface area (Å²) in [6.45, 7) is 3.96. The zero-order chi connectivity index (χ0) is 18.3. The third-order valence-corrected chi connectivity index (χ3v) is 7.03. The average Bonchev–Trinajstić information content (AvgIpc) is 2.99. The van der Waals surface area contributed by atoms with Crippen molar-refractivity contribution in [2.75, 3.05) is 5.75 Å². The molecule has 0 N–H and O–H groups in total. The Hall–Kier alpha value is -1.79. The van der Waals surface area contributed by atoms with Crippen LogP contribution < -0.4 is 0 Å². The van der Waals surface area contributed by atoms with E-state index in [0.29, 0.717) is 17.0 Å². The lowest BCUT2D eigenvalue weighted by Gasteiger charge is -2.18. The molecule has 4 rings (SSSR count). The number of halogens is 1. The molecule has 0 radical (unpaired) electrons. The summed E-state index contributed by atoms with van der Waals surface area (Å²) < 4.78 is 13.4. The highest BCUT2D eigenvalue weighted by atomic mass is 32.2. The Morgan fingerprint density at radius 3 is 3.04 bits per heavy atom. The summed E-state index contributed by atoms with van der Waals surface area (Å²) in [5, 5.41) is 2.02. The second kappa shape index (κ2) is 7.08. The first kappa shape index (κ1) is 17.6. The van der Waals surface area contributed by atoms with Crippen LogP contribution in [0.25, 0.3) is 10.2 Å². The number of thiophene rings is 1. The minimum Gasteiger partial charge on any atom is -0.293 e. The van der Waals surface area contributed by atoms with Gasteiger partial charge in [0.15, 0.2) is 5.78 Å². The second-order valence-electron chi connectivity index (χ2n) is 6.89. The molecule has 1 unspecified atom stereocenters. The van der Waals surface area contributed by atoms with Gasteiger partial charge in [0.25, 0.3) is 0 Å². The highest BCUT2D eigenvalue weighted by Crippen LogP contribution is 2.40. The van der Waals surface area contributed by atoms with Gasteiger partial charge in [-0.25, -0.2) is 14.4 Å². The molecule has 2 aromatic heterocycles. The van der Waals surface area contributed by atoms with Gasteiger partial charge in [0.2, 0.25) is 0 Å². The third kappa shape index (κ3) is 3.28. The van der Waals surface area contributed by atoms with E-state index < -0.39 is 0 Å². The highest BCUT2D eigenvalue weighted by molar-refractivity contribution is 8.00. The van der Waals surface area contributed by atoms with Gasteiger partial charge in [-0.1, -0.05) is 18.7 Å². The van der Waals surface area contributed by atoms with Crippen LogP contribution in [0.4, 0.5) is 4.39 Å². The smallest absolute Gasteiger partial charge is 0.173 e. The minimum absolute atomic E-state index is 0.0115. The molecule has 0 aliphatic heterocycles. The van der Waals surface area contributed by atoms with E-state index in [-0.39, 0.29) is 17.4 Å². The Labute approximate surface area is 160 Å². The molecule has 1 aromatic carbocycles. The van der Waals surface area contributed by atoms with Crippen LogP contribution in [0, 0.1) is 18.7 Å². The van der Waals surface area contributed by atoms with Gasteiger partial charge in [-0.05, 0) is 61.4 Å². The van der Waals surface area contributed by atoms with Crippen molar-refractivity contribution in [3.05, 3.63) is 51.9 Å². The molecule has 3 nitrogen and oxygen atoms in total. The van der Waals surface area contributed by atoms with Crippen molar-refractivity contribution in [3.8, 4) is 0 Å². The van der Waals surface area contributed by atoms with Crippen LogP contribution in [-0.4, -0.2) is 21.5 Å². The number of fused-ring (bicyclic) bond motifs is 3. The molecule has 3 aromatic rings. The van der Waals surface area contributed by atoms with Gasteiger partial charge in [-0.15, -0.1) is 11.3 Å². The van der Waals surface area contributed by atoms with E-state index in [9.17, 15) is 9.18 Å². The molecular formula is C20H19FN2OS2. The second-order valence-corrected chi connectivity index (χ2v) is 8.93. The number of aromatic nitrogens is 2. The van der Waals surface area contributed by atoms with Crippen molar-refractivity contribution in [1.29, 1.82) is 0 Å². The molecule has 0 saturated carbocycles. The van der Waals surface area contributed by atoms with Crippen LogP contribution in [-0.2, 0) is 12.8 Å². The fraction of sp³-hybridized carbons (Fsp3) is 0.350. The molecular weight excluding hydrogens is 367 g/mol. The van der Waals surface area contributed by atoms with Crippen LogP contribution >= 0.6 is 23.1 Å². The van der Waals surface area contributed by atoms with E-state index in [1.165, 1.54) is 34.7 Å². The lowest BCUT2D eigenvalue weighted by Crippen LogP contribution is -2.09. The van der Waals surface area contributed by atoms with Crippen molar-refractivity contribution >= 4 is 39.1 Å². The maximum absolute atomic E-state index is 13.4. The molecule has 26 heavy (non-hydrogen) atoms. The van der Waals surface area contributed by atoms with Gasteiger partial charge in [-0.2, -0.15) is 0 Å². The van der Waals surface area contributed by atoms with Crippen molar-refractivity contribution in [2.45, 2.75) is 38.1 Å². The minimum atomic E-state index is -0.286. The number of ketones is 1. The summed E-state index contributed by atoms with van der Waals surface area (Å²) in [5.74, 6) is 0.703. The molecule has 0 fully saturated rings. The first-order valence-corrected chi connectivity index (χ1v) is 10.5. The van der Waals surface area contributed by atoms with Crippen molar-refractivity contribution in [3.63, 3.8) is 0 Å². The first-order chi connectivity index (χ1) is 12.5. The first-order valence-electron chi connectivity index (χ1n) is 8.70. The normalized spacial score (nSPS) is 16.7. The molecule has 2 heterocycles. The van der Waals surface area contributed by atoms with E-state index in [1.807, 2.05) is 0 Å². The number of rotatable bonds is 4. The molecule has 0 bridgehead atoms. The number of benzene rings is 1. The standard InChI is InChI=1S/C20H19FN2OS2/c1-11-3-5-14-17(7-11)26-20-18(14)19(22-10-23-20)25-9-16(24)13-4-6-15(21)12(2)8-13/h4,6,8,10-11H,3,5,7,9H2,1-2H3. The van der Waals surface area contributed by atoms with E-state index in [4.69, 9.17) is 0 Å². The maximum Gasteiger partial charge on any atom is 0.173 e. The third-order valence-electron chi connectivity index (χ3n) is 4.88. The summed E-state index contributed by atoms with van der Waals surface area (Å²) in [4.78, 5) is 23.8. The lowest BCUT2D eigenvalue weighted by atomic mass is 9.89. The highest BCUT2D eigenvalue weighted by Gasteiger charge is 2.23. The molecule has 1 aliphatic rings. The van der Waals surface area contributed by atoms with Gasteiger partial charge in [0, 0.05) is 15.8 Å². The number of thioether (sulfide) groups is 1. The average molecular weight is 387 g/mol. The SMILES string of the molecule is Cc1cc(C(=O)CSc2ncnc3sc4c(c23)CCC(C)C4)ccc1F. The summed E-state index contributed by atoms with van der Waals surface area (Å²) in [7, 11) is 0. The van der Waals surface area contributed by atoms with Crippen molar-refractivity contribution in [1.82, 2.24) is 9.97 Å². The summed E-state index contributed by atoms with van der Waals surface area (Å²) in [5.41, 5.74) is 2.41. The van der Waals surface area contributed by atoms with E-state index in [0.717, 1.165) is 28.1 Å². The lowest BCUT2D eigenvalue weighted by molar-refractivity contribution is 0.102. The molecule has 0 saturated heterocycles. The van der Waals surface area contributed by atoms with E-state index in [2.05, 4.69) is 16.9 Å². The van der Waals surface area contributed by atoms with Gasteiger partial charge in [-0.3, -0.25) is 4.79 Å². The Morgan fingerprint density at radius 1 is 1.38 bits per heavy atom. The molecule has 0 spiro atoms. The number of nitrogens with zero attached hydrogens (tertiary/aromatic N) is 2. The number of hydrogen-bond donors (Lipinski definition) is 0. The summed E-state index contributed by atoms with van der Waals surface area (Å²) >= 11 is 3.21. The Balaban J connectivity index is 1.59. The predicted molar refractivity (Wildman–Crippen MR) is 105 cm³/mol. The molecule has 1 atom stereocenters. The molecule has 134 valence electrons. The molecule has 0 amide bonds. The Kier molecular flexibility index (Phi) is 4.80. The van der Waals surface area contributed by atoms with Crippen LogP contribution in [0.1, 0.15) is 39.7 Å². The van der Waals surface area contributed by atoms with E-state index in [1.54, 1.807) is 36.7 Å². The summed E-state index contributed by atoms with van der Waals surface area (Å²) in [6, 6.07) is 4.52. The van der Waals surface area contributed by atoms with Gasteiger partial charge >= 0.3 is 0 Å². The topological polar surface area (TPSA) is 42.9 Å². The zero-order valence-electron chi connectivity index (χ0n) is 14.7. The number of Topliss-reactive ketones (excluding diaryl/α,β-unsaturated/α-hetero) is 1. The van der Waals surface area contributed by atoms with Gasteiger partial charge < -0.3 is 0 Å². The van der Waals surface area contributed by atoms with Crippen LogP contribution in [0.2, 0.25) is 0 Å². The largest absolute Gasteiger partial charge is 0.293 e. The zero-order valence-corrected chi connectivity index (χ0v) is 16.3. The Bertz CT molecular complexity index is 999. The van der Waals surface area contributed by atoms with E-state index >= 15 is 0 Å². The fourth-order valence-electron chi connectivity index (χ4n) is 3.39. The van der Waals surface area contributed by atoms with Gasteiger partial charge in [0.1, 0.15) is 22.0 Å². The number of carbonyl (C=O) groups excluding carboxylic acids is 1. The quantitative estimate of drug-likeness (QED) is 0.349. The molecule has 1 aliphatic carbocycles. The van der Waals surface area contributed by atoms with Crippen LogP contribution in [0.15, 0.2) is 29.6 Å². The molecule has 6 heteroatoms. The summed E-state index contributed by atoms with van der Waals surface area (Å²) in [6.07, 6.45) is 4.94. The monoisotopic (exact) mass is 386 g/mol. The Morgan fingerprint density at radius 2 is 2.23 bits per heavy atom. The number of carbonyl (C=O) groups is 1. The van der Waals surface area contributed by atoms with Crippen LogP contribution in [0.5, 0.6) is 0 Å². The fourth-order valence-corrected chi connectivity index (χ4v) is 5.73. The number of hydrogen-bond acceptors (Lipinski definition) is 5. The number of aryl methyl sites for hydroxylation is 2. The van der Waals surface area contributed by atoms with Crippen LogP contribution in [0.3, 0.4) is 0 Å². The van der Waals surface area contributed by atoms with Gasteiger partial charge in [0.05, 0.1) is 5.75 Å². The maximum atomic E-state index is 13.4. The van der Waals surface area contributed by atoms with Crippen molar-refractivity contribution < 1.29 is 9.18 Å².